The SMILES string of the molecule is CN/C=C(\S)c1ccc(NC(=O)OCc2ccccc2)cc1S(=O)(=O)NC(C)(C)C. The summed E-state index contributed by atoms with van der Waals surface area (Å²) in [5.74, 6) is 0. The molecule has 3 N–H and O–H groups in total. The number of amides is 1. The number of rotatable bonds is 7. The summed E-state index contributed by atoms with van der Waals surface area (Å²) in [6.07, 6.45) is 0.895. The molecule has 0 saturated carbocycles. The number of nitrogens with one attached hydrogen (secondary N) is 3. The predicted molar refractivity (Wildman–Crippen MR) is 123 cm³/mol. The third-order valence-electron chi connectivity index (χ3n) is 3.73. The van der Waals surface area contributed by atoms with Crippen LogP contribution in [0.1, 0.15) is 31.9 Å². The zero-order chi connectivity index (χ0) is 22.4. The third kappa shape index (κ3) is 7.08. The lowest BCUT2D eigenvalue weighted by molar-refractivity contribution is 0.155. The van der Waals surface area contributed by atoms with Crippen LogP contribution in [-0.2, 0) is 21.4 Å². The lowest BCUT2D eigenvalue weighted by Gasteiger charge is -2.22. The Morgan fingerprint density at radius 3 is 2.40 bits per heavy atom. The van der Waals surface area contributed by atoms with Crippen molar-refractivity contribution in [3.05, 3.63) is 65.9 Å². The maximum absolute atomic E-state index is 13.0. The van der Waals surface area contributed by atoms with Crippen LogP contribution < -0.4 is 15.4 Å². The number of hydrogen-bond donors (Lipinski definition) is 4. The Labute approximate surface area is 183 Å². The van der Waals surface area contributed by atoms with Gasteiger partial charge in [-0.1, -0.05) is 36.4 Å². The monoisotopic (exact) mass is 449 g/mol. The molecule has 2 aromatic rings. The summed E-state index contributed by atoms with van der Waals surface area (Å²) >= 11 is 4.39. The van der Waals surface area contributed by atoms with Gasteiger partial charge in [-0.05, 0) is 38.5 Å². The molecule has 0 aliphatic carbocycles. The number of thiol groups is 1. The van der Waals surface area contributed by atoms with Crippen LogP contribution in [-0.4, -0.2) is 27.1 Å². The van der Waals surface area contributed by atoms with E-state index in [0.717, 1.165) is 5.56 Å². The highest BCUT2D eigenvalue weighted by Crippen LogP contribution is 2.29. The van der Waals surface area contributed by atoms with E-state index in [1.807, 2.05) is 30.3 Å². The van der Waals surface area contributed by atoms with Crippen molar-refractivity contribution in [1.82, 2.24) is 10.0 Å². The molecule has 162 valence electrons. The van der Waals surface area contributed by atoms with E-state index in [0.29, 0.717) is 10.5 Å². The molecule has 0 saturated heterocycles. The minimum Gasteiger partial charge on any atom is -0.444 e. The Morgan fingerprint density at radius 2 is 1.80 bits per heavy atom. The molecule has 30 heavy (non-hydrogen) atoms. The zero-order valence-electron chi connectivity index (χ0n) is 17.4. The minimum atomic E-state index is -3.89. The van der Waals surface area contributed by atoms with Crippen molar-refractivity contribution in [1.29, 1.82) is 0 Å². The zero-order valence-corrected chi connectivity index (χ0v) is 19.1. The number of carbonyl (C=O) groups excluding carboxylic acids is 1. The molecule has 0 spiro atoms. The topological polar surface area (TPSA) is 96.5 Å². The summed E-state index contributed by atoms with van der Waals surface area (Å²) in [6, 6.07) is 13.8. The predicted octanol–water partition coefficient (Wildman–Crippen LogP) is 3.96. The van der Waals surface area contributed by atoms with Gasteiger partial charge in [-0.2, -0.15) is 0 Å². The number of hydrogen-bond acceptors (Lipinski definition) is 6. The molecule has 0 radical (unpaired) electrons. The Kier molecular flexibility index (Phi) is 7.94. The standard InChI is InChI=1S/C21H27N3O4S2/c1-21(2,3)24-30(26,27)19-12-16(10-11-17(19)18(29)13-22-4)23-20(25)28-14-15-8-6-5-7-9-15/h5-13,22,24,29H,14H2,1-4H3,(H,23,25)/b18-13-. The van der Waals surface area contributed by atoms with Crippen LogP contribution in [0.2, 0.25) is 0 Å². The van der Waals surface area contributed by atoms with E-state index in [4.69, 9.17) is 4.74 Å². The first-order valence-corrected chi connectivity index (χ1v) is 11.2. The van der Waals surface area contributed by atoms with Gasteiger partial charge in [-0.3, -0.25) is 5.32 Å². The fourth-order valence-electron chi connectivity index (χ4n) is 2.58. The van der Waals surface area contributed by atoms with Crippen molar-refractivity contribution >= 4 is 39.3 Å². The highest BCUT2D eigenvalue weighted by atomic mass is 32.2. The molecule has 0 heterocycles. The van der Waals surface area contributed by atoms with Crippen molar-refractivity contribution in [3.63, 3.8) is 0 Å². The van der Waals surface area contributed by atoms with Gasteiger partial charge in [0.1, 0.15) is 6.61 Å². The van der Waals surface area contributed by atoms with Crippen molar-refractivity contribution < 1.29 is 17.9 Å². The Morgan fingerprint density at radius 1 is 1.13 bits per heavy atom. The summed E-state index contributed by atoms with van der Waals surface area (Å²) in [5, 5.41) is 5.40. The van der Waals surface area contributed by atoms with Crippen molar-refractivity contribution in [2.75, 3.05) is 12.4 Å². The first kappa shape index (κ1) is 23.8. The summed E-state index contributed by atoms with van der Waals surface area (Å²) in [5.41, 5.74) is 0.847. The number of carbonyl (C=O) groups is 1. The average molecular weight is 450 g/mol. The molecule has 2 rings (SSSR count). The second-order valence-corrected chi connectivity index (χ2v) is 9.70. The summed E-state index contributed by atoms with van der Waals surface area (Å²) in [6.45, 7) is 5.35. The van der Waals surface area contributed by atoms with Crippen LogP contribution in [0.3, 0.4) is 0 Å². The van der Waals surface area contributed by atoms with Gasteiger partial charge in [-0.15, -0.1) is 12.6 Å². The van der Waals surface area contributed by atoms with Crippen molar-refractivity contribution in [3.8, 4) is 0 Å². The molecule has 7 nitrogen and oxygen atoms in total. The lowest BCUT2D eigenvalue weighted by Crippen LogP contribution is -2.40. The van der Waals surface area contributed by atoms with E-state index in [-0.39, 0.29) is 17.2 Å². The van der Waals surface area contributed by atoms with Gasteiger partial charge in [0.25, 0.3) is 0 Å². The van der Waals surface area contributed by atoms with Crippen LogP contribution in [0.4, 0.5) is 10.5 Å². The Balaban J connectivity index is 2.29. The second kappa shape index (κ2) is 10.0. The molecule has 0 bridgehead atoms. The third-order valence-corrected chi connectivity index (χ3v) is 5.90. The minimum absolute atomic E-state index is 0.00483. The van der Waals surface area contributed by atoms with Crippen LogP contribution in [0.15, 0.2) is 59.6 Å². The van der Waals surface area contributed by atoms with E-state index in [1.54, 1.807) is 46.2 Å². The molecular formula is C21H27N3O4S2. The molecule has 0 fully saturated rings. The molecule has 1 amide bonds. The summed E-state index contributed by atoms with van der Waals surface area (Å²) < 4.78 is 33.8. The van der Waals surface area contributed by atoms with Crippen LogP contribution in [0.25, 0.3) is 4.91 Å². The summed E-state index contributed by atoms with van der Waals surface area (Å²) in [7, 11) is -2.19. The van der Waals surface area contributed by atoms with Gasteiger partial charge in [0.15, 0.2) is 0 Å². The highest BCUT2D eigenvalue weighted by molar-refractivity contribution is 7.91. The first-order valence-electron chi connectivity index (χ1n) is 9.24. The van der Waals surface area contributed by atoms with E-state index < -0.39 is 21.7 Å². The summed E-state index contributed by atoms with van der Waals surface area (Å²) in [4.78, 5) is 12.6. The van der Waals surface area contributed by atoms with E-state index in [1.165, 1.54) is 6.07 Å². The molecular weight excluding hydrogens is 422 g/mol. The lowest BCUT2D eigenvalue weighted by atomic mass is 10.1. The molecule has 0 atom stereocenters. The van der Waals surface area contributed by atoms with Crippen LogP contribution >= 0.6 is 12.6 Å². The highest BCUT2D eigenvalue weighted by Gasteiger charge is 2.26. The second-order valence-electron chi connectivity index (χ2n) is 7.57. The number of anilines is 1. The number of ether oxygens (including phenoxy) is 1. The van der Waals surface area contributed by atoms with E-state index in [2.05, 4.69) is 28.0 Å². The maximum atomic E-state index is 13.0. The largest absolute Gasteiger partial charge is 0.444 e. The first-order chi connectivity index (χ1) is 14.0. The fourth-order valence-corrected chi connectivity index (χ4v) is 4.65. The molecule has 0 aromatic heterocycles. The fraction of sp³-hybridized carbons (Fsp3) is 0.286. The molecule has 2 aromatic carbocycles. The van der Waals surface area contributed by atoms with Gasteiger partial charge < -0.3 is 10.1 Å². The molecule has 0 aliphatic rings. The average Bonchev–Trinajstić information content (AvgIpc) is 2.65. The van der Waals surface area contributed by atoms with Crippen molar-refractivity contribution in [2.24, 2.45) is 0 Å². The van der Waals surface area contributed by atoms with Crippen LogP contribution in [0.5, 0.6) is 0 Å². The normalized spacial score (nSPS) is 12.4. The smallest absolute Gasteiger partial charge is 0.411 e. The number of benzene rings is 2. The van der Waals surface area contributed by atoms with Gasteiger partial charge in [0.2, 0.25) is 10.0 Å². The number of sulfonamides is 1. The molecule has 0 aliphatic heterocycles. The van der Waals surface area contributed by atoms with Crippen molar-refractivity contribution in [2.45, 2.75) is 37.8 Å². The van der Waals surface area contributed by atoms with Crippen LogP contribution in [0, 0.1) is 0 Å². The quantitative estimate of drug-likeness (QED) is 0.480. The van der Waals surface area contributed by atoms with Gasteiger partial charge in [0, 0.05) is 34.9 Å². The molecule has 0 unspecified atom stereocenters. The Hall–Kier alpha value is -2.49. The van der Waals surface area contributed by atoms with E-state index >= 15 is 0 Å². The molecule has 9 heteroatoms. The Bertz CT molecular complexity index is 1010. The maximum Gasteiger partial charge on any atom is 0.411 e. The van der Waals surface area contributed by atoms with Gasteiger partial charge in [0.05, 0.1) is 4.90 Å². The van der Waals surface area contributed by atoms with Gasteiger partial charge >= 0.3 is 6.09 Å². The van der Waals surface area contributed by atoms with Gasteiger partial charge in [-0.25, -0.2) is 17.9 Å². The van der Waals surface area contributed by atoms with E-state index in [9.17, 15) is 13.2 Å².